The molecule has 0 aromatic heterocycles. The number of nitrogens with zero attached hydrogens (tertiary/aromatic N) is 2. The maximum absolute atomic E-state index is 13.4. The smallest absolute Gasteiger partial charge is 0.253 e. The van der Waals surface area contributed by atoms with Gasteiger partial charge in [-0.25, -0.2) is 4.39 Å². The van der Waals surface area contributed by atoms with Crippen LogP contribution in [-0.4, -0.2) is 47.8 Å². The van der Waals surface area contributed by atoms with Crippen LogP contribution in [0.3, 0.4) is 0 Å². The first-order chi connectivity index (χ1) is 12.0. The van der Waals surface area contributed by atoms with Gasteiger partial charge in [0.1, 0.15) is 5.82 Å². The van der Waals surface area contributed by atoms with E-state index in [0.717, 1.165) is 0 Å². The van der Waals surface area contributed by atoms with E-state index in [1.54, 1.807) is 47.1 Å². The summed E-state index contributed by atoms with van der Waals surface area (Å²) in [5.41, 5.74) is 1.50. The minimum Gasteiger partial charge on any atom is -0.335 e. The van der Waals surface area contributed by atoms with Crippen molar-refractivity contribution in [3.05, 3.63) is 70.0 Å². The van der Waals surface area contributed by atoms with Gasteiger partial charge in [-0.2, -0.15) is 0 Å². The monoisotopic (exact) mass is 360 g/mol. The number of carbonyl (C=O) groups excluding carboxylic acids is 2. The Bertz CT molecular complexity index is 800. The van der Waals surface area contributed by atoms with Crippen LogP contribution >= 0.6 is 11.6 Å². The Labute approximate surface area is 150 Å². The van der Waals surface area contributed by atoms with Crippen LogP contribution in [0.25, 0.3) is 0 Å². The van der Waals surface area contributed by atoms with Crippen molar-refractivity contribution in [1.82, 2.24) is 9.80 Å². The highest BCUT2D eigenvalue weighted by Gasteiger charge is 2.25. The van der Waals surface area contributed by atoms with Crippen LogP contribution in [0.2, 0.25) is 5.02 Å². The van der Waals surface area contributed by atoms with Gasteiger partial charge in [-0.1, -0.05) is 11.6 Å². The molecule has 0 unspecified atom stereocenters. The average Bonchev–Trinajstić information content (AvgIpc) is 2.63. The number of rotatable bonds is 2. The van der Waals surface area contributed by atoms with Crippen LogP contribution in [-0.2, 0) is 0 Å². The van der Waals surface area contributed by atoms with Gasteiger partial charge in [-0.15, -0.1) is 0 Å². The van der Waals surface area contributed by atoms with E-state index < -0.39 is 0 Å². The fourth-order valence-electron chi connectivity index (χ4n) is 2.85. The second-order valence-electron chi connectivity index (χ2n) is 6.06. The molecule has 0 atom stereocenters. The van der Waals surface area contributed by atoms with Crippen LogP contribution < -0.4 is 0 Å². The molecule has 3 rings (SSSR count). The van der Waals surface area contributed by atoms with Crippen molar-refractivity contribution in [2.75, 3.05) is 26.2 Å². The van der Waals surface area contributed by atoms with Gasteiger partial charge in [0.05, 0.1) is 0 Å². The third-order valence-corrected chi connectivity index (χ3v) is 4.60. The number of benzene rings is 2. The van der Waals surface area contributed by atoms with E-state index in [4.69, 9.17) is 11.6 Å². The standard InChI is InChI=1S/C19H18ClFN2O2/c1-13-12-15(4-7-17(13)21)19(25)23-10-8-22(9-11-23)18(24)14-2-5-16(20)6-3-14/h2-7,12H,8-11H2,1H3. The maximum atomic E-state index is 13.4. The predicted octanol–water partition coefficient (Wildman–Crippen LogP) is 3.39. The lowest BCUT2D eigenvalue weighted by Gasteiger charge is -2.35. The molecular weight excluding hydrogens is 343 g/mol. The van der Waals surface area contributed by atoms with Crippen LogP contribution in [0, 0.1) is 12.7 Å². The van der Waals surface area contributed by atoms with E-state index in [1.807, 2.05) is 0 Å². The summed E-state index contributed by atoms with van der Waals surface area (Å²) < 4.78 is 13.4. The quantitative estimate of drug-likeness (QED) is 0.823. The van der Waals surface area contributed by atoms with Gasteiger partial charge in [0.15, 0.2) is 0 Å². The number of hydrogen-bond acceptors (Lipinski definition) is 2. The zero-order valence-corrected chi connectivity index (χ0v) is 14.6. The molecular formula is C19H18ClFN2O2. The van der Waals surface area contributed by atoms with Crippen molar-refractivity contribution in [2.24, 2.45) is 0 Å². The normalized spacial score (nSPS) is 14.5. The van der Waals surface area contributed by atoms with Crippen LogP contribution in [0.4, 0.5) is 4.39 Å². The summed E-state index contributed by atoms with van der Waals surface area (Å²) in [4.78, 5) is 28.4. The third-order valence-electron chi connectivity index (χ3n) is 4.35. The minimum absolute atomic E-state index is 0.0682. The van der Waals surface area contributed by atoms with E-state index in [2.05, 4.69) is 0 Å². The Morgan fingerprint density at radius 3 is 1.88 bits per heavy atom. The fraction of sp³-hybridized carbons (Fsp3) is 0.263. The Kier molecular flexibility index (Phi) is 5.04. The average molecular weight is 361 g/mol. The summed E-state index contributed by atoms with van der Waals surface area (Å²) >= 11 is 5.84. The molecule has 4 nitrogen and oxygen atoms in total. The number of amides is 2. The summed E-state index contributed by atoms with van der Waals surface area (Å²) in [5, 5.41) is 0.585. The largest absolute Gasteiger partial charge is 0.335 e. The highest BCUT2D eigenvalue weighted by molar-refractivity contribution is 6.30. The summed E-state index contributed by atoms with van der Waals surface area (Å²) in [6.45, 7) is 3.47. The second kappa shape index (κ2) is 7.23. The van der Waals surface area contributed by atoms with Crippen LogP contribution in [0.15, 0.2) is 42.5 Å². The summed E-state index contributed by atoms with van der Waals surface area (Å²) in [7, 11) is 0. The Morgan fingerprint density at radius 2 is 1.36 bits per heavy atom. The lowest BCUT2D eigenvalue weighted by atomic mass is 10.1. The van der Waals surface area contributed by atoms with Crippen molar-refractivity contribution in [3.8, 4) is 0 Å². The molecule has 6 heteroatoms. The predicted molar refractivity (Wildman–Crippen MR) is 94.4 cm³/mol. The lowest BCUT2D eigenvalue weighted by molar-refractivity contribution is 0.0535. The molecule has 0 N–H and O–H groups in total. The zero-order valence-electron chi connectivity index (χ0n) is 13.8. The molecule has 2 aromatic rings. The highest BCUT2D eigenvalue weighted by atomic mass is 35.5. The lowest BCUT2D eigenvalue weighted by Crippen LogP contribution is -2.50. The van der Waals surface area contributed by atoms with Gasteiger partial charge < -0.3 is 9.80 Å². The van der Waals surface area contributed by atoms with Gasteiger partial charge in [0.25, 0.3) is 11.8 Å². The topological polar surface area (TPSA) is 40.6 Å². The highest BCUT2D eigenvalue weighted by Crippen LogP contribution is 2.16. The van der Waals surface area contributed by atoms with Crippen molar-refractivity contribution in [3.63, 3.8) is 0 Å². The molecule has 2 amide bonds. The number of carbonyl (C=O) groups is 2. The Hall–Kier alpha value is -2.40. The van der Waals surface area contributed by atoms with E-state index in [0.29, 0.717) is 47.9 Å². The van der Waals surface area contributed by atoms with E-state index >= 15 is 0 Å². The molecule has 0 spiro atoms. The minimum atomic E-state index is -0.324. The molecule has 1 aliphatic heterocycles. The van der Waals surface area contributed by atoms with Gasteiger partial charge in [0.2, 0.25) is 0 Å². The summed E-state index contributed by atoms with van der Waals surface area (Å²) in [6, 6.07) is 11.1. The molecule has 1 heterocycles. The Balaban J connectivity index is 1.63. The second-order valence-corrected chi connectivity index (χ2v) is 6.49. The van der Waals surface area contributed by atoms with E-state index in [-0.39, 0.29) is 17.6 Å². The molecule has 130 valence electrons. The number of aryl methyl sites for hydroxylation is 1. The maximum Gasteiger partial charge on any atom is 0.253 e. The third kappa shape index (κ3) is 3.82. The van der Waals surface area contributed by atoms with Crippen molar-refractivity contribution in [1.29, 1.82) is 0 Å². The van der Waals surface area contributed by atoms with Gasteiger partial charge in [-0.05, 0) is 55.0 Å². The van der Waals surface area contributed by atoms with Gasteiger partial charge in [-0.3, -0.25) is 9.59 Å². The molecule has 1 fully saturated rings. The van der Waals surface area contributed by atoms with E-state index in [1.165, 1.54) is 12.1 Å². The van der Waals surface area contributed by atoms with Crippen LogP contribution in [0.5, 0.6) is 0 Å². The SMILES string of the molecule is Cc1cc(C(=O)N2CCN(C(=O)c3ccc(Cl)cc3)CC2)ccc1F. The van der Waals surface area contributed by atoms with Crippen LogP contribution in [0.1, 0.15) is 26.3 Å². The molecule has 1 aliphatic rings. The molecule has 0 saturated carbocycles. The molecule has 25 heavy (non-hydrogen) atoms. The molecule has 0 aliphatic carbocycles. The summed E-state index contributed by atoms with van der Waals surface area (Å²) in [5.74, 6) is -0.530. The first-order valence-electron chi connectivity index (χ1n) is 8.06. The van der Waals surface area contributed by atoms with Crippen molar-refractivity contribution >= 4 is 23.4 Å². The van der Waals surface area contributed by atoms with Gasteiger partial charge in [0, 0.05) is 42.3 Å². The summed E-state index contributed by atoms with van der Waals surface area (Å²) in [6.07, 6.45) is 0. The Morgan fingerprint density at radius 1 is 0.880 bits per heavy atom. The van der Waals surface area contributed by atoms with E-state index in [9.17, 15) is 14.0 Å². The molecule has 0 bridgehead atoms. The van der Waals surface area contributed by atoms with Crippen molar-refractivity contribution in [2.45, 2.75) is 6.92 Å². The first-order valence-corrected chi connectivity index (χ1v) is 8.44. The first kappa shape index (κ1) is 17.4. The zero-order chi connectivity index (χ0) is 18.0. The number of piperazine rings is 1. The molecule has 0 radical (unpaired) electrons. The molecule has 2 aromatic carbocycles. The number of hydrogen-bond donors (Lipinski definition) is 0. The molecule has 1 saturated heterocycles. The number of halogens is 2. The van der Waals surface area contributed by atoms with Gasteiger partial charge >= 0.3 is 0 Å². The fourth-order valence-corrected chi connectivity index (χ4v) is 2.97. The van der Waals surface area contributed by atoms with Crippen molar-refractivity contribution < 1.29 is 14.0 Å².